The highest BCUT2D eigenvalue weighted by Crippen LogP contribution is 2.37. The monoisotopic (exact) mass is 370 g/mol. The summed E-state index contributed by atoms with van der Waals surface area (Å²) in [6.07, 6.45) is 6.79. The molecule has 1 aliphatic heterocycles. The molecule has 0 aromatic carbocycles. The van der Waals surface area contributed by atoms with Crippen LogP contribution in [0.2, 0.25) is 0 Å². The van der Waals surface area contributed by atoms with Crippen LogP contribution in [0.15, 0.2) is 35.6 Å². The Morgan fingerprint density at radius 3 is 2.58 bits per heavy atom. The quantitative estimate of drug-likeness (QED) is 0.492. The molecule has 0 spiro atoms. The first-order chi connectivity index (χ1) is 12.5. The zero-order chi connectivity index (χ0) is 19.1. The van der Waals surface area contributed by atoms with Gasteiger partial charge in [0.2, 0.25) is 0 Å². The van der Waals surface area contributed by atoms with Crippen LogP contribution < -0.4 is 0 Å². The molecular weight excluding hydrogens is 338 g/mol. The third-order valence-corrected chi connectivity index (χ3v) is 5.42. The molecule has 5 heteroatoms. The van der Waals surface area contributed by atoms with Crippen molar-refractivity contribution in [3.8, 4) is 0 Å². The molecule has 26 heavy (non-hydrogen) atoms. The maximum absolute atomic E-state index is 14.2. The van der Waals surface area contributed by atoms with Crippen molar-refractivity contribution in [1.29, 1.82) is 0 Å². The van der Waals surface area contributed by atoms with E-state index in [1.165, 1.54) is 7.11 Å². The van der Waals surface area contributed by atoms with E-state index in [1.54, 1.807) is 0 Å². The molecule has 0 radical (unpaired) electrons. The van der Waals surface area contributed by atoms with Gasteiger partial charge in [-0.15, -0.1) is 6.58 Å². The minimum Gasteiger partial charge on any atom is -0.498 e. The Kier molecular flexibility index (Phi) is 8.29. The first kappa shape index (κ1) is 21.1. The first-order valence-corrected chi connectivity index (χ1v) is 9.63. The van der Waals surface area contributed by atoms with Gasteiger partial charge in [0.1, 0.15) is 5.76 Å². The molecule has 1 fully saturated rings. The highest BCUT2D eigenvalue weighted by Gasteiger charge is 2.26. The van der Waals surface area contributed by atoms with Gasteiger partial charge in [0.15, 0.2) is 11.7 Å². The summed E-state index contributed by atoms with van der Waals surface area (Å²) in [4.78, 5) is 0. The van der Waals surface area contributed by atoms with Gasteiger partial charge in [0.05, 0.1) is 25.9 Å². The summed E-state index contributed by atoms with van der Waals surface area (Å²) < 4.78 is 44.6. The van der Waals surface area contributed by atoms with Crippen LogP contribution in [0.3, 0.4) is 0 Å². The van der Waals surface area contributed by atoms with Crippen LogP contribution in [0.1, 0.15) is 52.4 Å². The number of methoxy groups -OCH3 is 1. The number of allylic oxidation sites excluding steroid dienone is 4. The molecule has 4 atom stereocenters. The Morgan fingerprint density at radius 1 is 1.19 bits per heavy atom. The van der Waals surface area contributed by atoms with E-state index in [2.05, 4.69) is 13.5 Å². The van der Waals surface area contributed by atoms with E-state index in [-0.39, 0.29) is 23.9 Å². The van der Waals surface area contributed by atoms with Gasteiger partial charge in [-0.2, -0.15) is 0 Å². The summed E-state index contributed by atoms with van der Waals surface area (Å²) in [5, 5.41) is 0. The average molecular weight is 370 g/mol. The minimum atomic E-state index is -0.827. The Balaban J connectivity index is 1.73. The normalized spacial score (nSPS) is 26.7. The van der Waals surface area contributed by atoms with Crippen molar-refractivity contribution < 1.29 is 23.0 Å². The van der Waals surface area contributed by atoms with Gasteiger partial charge in [-0.25, -0.2) is 8.78 Å². The van der Waals surface area contributed by atoms with Gasteiger partial charge < -0.3 is 14.2 Å². The number of halogens is 2. The van der Waals surface area contributed by atoms with Crippen molar-refractivity contribution >= 4 is 0 Å². The molecule has 0 aromatic heterocycles. The second kappa shape index (κ2) is 10.2. The lowest BCUT2D eigenvalue weighted by Crippen LogP contribution is -2.31. The van der Waals surface area contributed by atoms with E-state index >= 15 is 0 Å². The summed E-state index contributed by atoms with van der Waals surface area (Å²) in [7, 11) is 1.38. The van der Waals surface area contributed by atoms with E-state index in [4.69, 9.17) is 14.2 Å². The molecule has 0 amide bonds. The molecule has 2 rings (SSSR count). The van der Waals surface area contributed by atoms with Crippen LogP contribution in [0.25, 0.3) is 0 Å². The number of hydrogen-bond acceptors (Lipinski definition) is 3. The van der Waals surface area contributed by atoms with Gasteiger partial charge in [-0.05, 0) is 49.5 Å². The molecule has 3 nitrogen and oxygen atoms in total. The van der Waals surface area contributed by atoms with Gasteiger partial charge in [0.25, 0.3) is 0 Å². The molecule has 0 N–H and O–H groups in total. The van der Waals surface area contributed by atoms with Gasteiger partial charge in [-0.1, -0.05) is 19.9 Å². The topological polar surface area (TPSA) is 27.7 Å². The zero-order valence-corrected chi connectivity index (χ0v) is 16.2. The van der Waals surface area contributed by atoms with E-state index in [0.717, 1.165) is 25.7 Å². The van der Waals surface area contributed by atoms with E-state index in [1.807, 2.05) is 13.0 Å². The number of hydrogen-bond donors (Lipinski definition) is 0. The Bertz CT molecular complexity index is 533. The molecule has 0 saturated carbocycles. The fraction of sp³-hybridized carbons (Fsp3) is 0.714. The molecule has 2 aliphatic rings. The van der Waals surface area contributed by atoms with Gasteiger partial charge in [-0.3, -0.25) is 0 Å². The number of ether oxygens (including phenoxy) is 3. The second-order valence-corrected chi connectivity index (χ2v) is 7.50. The summed E-state index contributed by atoms with van der Waals surface area (Å²) in [5.41, 5.74) is 0.576. The summed E-state index contributed by atoms with van der Waals surface area (Å²) in [6.45, 7) is 9.15. The largest absolute Gasteiger partial charge is 0.498 e. The zero-order valence-electron chi connectivity index (χ0n) is 16.2. The van der Waals surface area contributed by atoms with Crippen molar-refractivity contribution in [1.82, 2.24) is 0 Å². The summed E-state index contributed by atoms with van der Waals surface area (Å²) in [6, 6.07) is 0. The molecule has 0 aromatic rings. The van der Waals surface area contributed by atoms with Crippen LogP contribution >= 0.6 is 0 Å². The Morgan fingerprint density at radius 2 is 1.96 bits per heavy atom. The fourth-order valence-corrected chi connectivity index (χ4v) is 3.54. The highest BCUT2D eigenvalue weighted by molar-refractivity contribution is 5.33. The molecular formula is C21H32F2O3. The number of rotatable bonds is 9. The molecule has 0 bridgehead atoms. The minimum absolute atomic E-state index is 0.0213. The maximum Gasteiger partial charge on any atom is 0.196 e. The summed E-state index contributed by atoms with van der Waals surface area (Å²) >= 11 is 0. The highest BCUT2D eigenvalue weighted by atomic mass is 19.2. The van der Waals surface area contributed by atoms with Crippen molar-refractivity contribution in [2.45, 2.75) is 64.6 Å². The SMILES string of the molecule is C=CC1CCC(OCC(C)CCC(C)C2=C(F)C(F)=C(OC)CC2)CO1. The average Bonchev–Trinajstić information content (AvgIpc) is 2.66. The van der Waals surface area contributed by atoms with Gasteiger partial charge in [0, 0.05) is 13.0 Å². The molecule has 1 aliphatic carbocycles. The van der Waals surface area contributed by atoms with Crippen LogP contribution in [0.5, 0.6) is 0 Å². The molecule has 1 saturated heterocycles. The van der Waals surface area contributed by atoms with Crippen molar-refractivity contribution in [2.75, 3.05) is 20.3 Å². The lowest BCUT2D eigenvalue weighted by molar-refractivity contribution is -0.0784. The molecule has 148 valence electrons. The predicted molar refractivity (Wildman–Crippen MR) is 99.0 cm³/mol. The second-order valence-electron chi connectivity index (χ2n) is 7.50. The third kappa shape index (κ3) is 5.65. The van der Waals surface area contributed by atoms with Crippen LogP contribution in [0, 0.1) is 11.8 Å². The van der Waals surface area contributed by atoms with Crippen molar-refractivity contribution in [3.05, 3.63) is 35.6 Å². The fourth-order valence-electron chi connectivity index (χ4n) is 3.54. The lowest BCUT2D eigenvalue weighted by atomic mass is 9.86. The van der Waals surface area contributed by atoms with Crippen molar-refractivity contribution in [2.24, 2.45) is 11.8 Å². The van der Waals surface area contributed by atoms with Crippen molar-refractivity contribution in [3.63, 3.8) is 0 Å². The van der Waals surface area contributed by atoms with E-state index in [9.17, 15) is 8.78 Å². The lowest BCUT2D eigenvalue weighted by Gasteiger charge is -2.28. The van der Waals surface area contributed by atoms with Crippen LogP contribution in [0.4, 0.5) is 8.78 Å². The Labute approximate surface area is 156 Å². The first-order valence-electron chi connectivity index (χ1n) is 9.63. The standard InChI is InChI=1S/C21H32F2O3/c1-5-16-8-9-17(13-26-16)25-12-14(2)6-7-15(3)18-10-11-19(24-4)21(23)20(18)22/h5,14-17H,1,6-13H2,2-4H3. The molecule has 1 heterocycles. The summed E-state index contributed by atoms with van der Waals surface area (Å²) in [5.74, 6) is -1.04. The van der Waals surface area contributed by atoms with Crippen LogP contribution in [-0.2, 0) is 14.2 Å². The molecule has 4 unspecified atom stereocenters. The smallest absolute Gasteiger partial charge is 0.196 e. The maximum atomic E-state index is 14.2. The van der Waals surface area contributed by atoms with E-state index < -0.39 is 11.7 Å². The Hall–Kier alpha value is -1.20. The van der Waals surface area contributed by atoms with Crippen LogP contribution in [-0.4, -0.2) is 32.5 Å². The van der Waals surface area contributed by atoms with E-state index in [0.29, 0.717) is 37.5 Å². The third-order valence-electron chi connectivity index (χ3n) is 5.42. The van der Waals surface area contributed by atoms with Gasteiger partial charge >= 0.3 is 0 Å². The predicted octanol–water partition coefficient (Wildman–Crippen LogP) is 5.63.